The summed E-state index contributed by atoms with van der Waals surface area (Å²) in [6.45, 7) is 0.340. The van der Waals surface area contributed by atoms with Gasteiger partial charge in [0.1, 0.15) is 6.61 Å². The van der Waals surface area contributed by atoms with Crippen LogP contribution in [0.2, 0.25) is 5.02 Å². The summed E-state index contributed by atoms with van der Waals surface area (Å²) < 4.78 is 11.1. The quantitative estimate of drug-likeness (QED) is 0.830. The number of hydrogen-bond acceptors (Lipinski definition) is 3. The zero-order valence-electron chi connectivity index (χ0n) is 12.1. The Morgan fingerprint density at radius 3 is 2.68 bits per heavy atom. The van der Waals surface area contributed by atoms with E-state index in [0.29, 0.717) is 23.1 Å². The second-order valence-corrected chi connectivity index (χ2v) is 4.93. The summed E-state index contributed by atoms with van der Waals surface area (Å²) in [6, 6.07) is 12.8. The van der Waals surface area contributed by atoms with Gasteiger partial charge in [-0.05, 0) is 29.8 Å². The SMILES string of the molecule is COc1cc(/C=C/C(N)=O)ccc1OCc1ccccc1Cl. The molecule has 0 aliphatic rings. The van der Waals surface area contributed by atoms with Crippen LogP contribution < -0.4 is 15.2 Å². The number of halogens is 1. The molecule has 0 aromatic heterocycles. The van der Waals surface area contributed by atoms with Crippen molar-refractivity contribution in [3.63, 3.8) is 0 Å². The third kappa shape index (κ3) is 4.27. The van der Waals surface area contributed by atoms with Crippen LogP contribution in [-0.4, -0.2) is 13.0 Å². The first-order chi connectivity index (χ1) is 10.6. The number of nitrogens with two attached hydrogens (primary N) is 1. The Balaban J connectivity index is 2.14. The van der Waals surface area contributed by atoms with Crippen molar-refractivity contribution in [1.29, 1.82) is 0 Å². The summed E-state index contributed by atoms with van der Waals surface area (Å²) in [4.78, 5) is 10.8. The smallest absolute Gasteiger partial charge is 0.241 e. The van der Waals surface area contributed by atoms with Crippen molar-refractivity contribution >= 4 is 23.6 Å². The predicted molar refractivity (Wildman–Crippen MR) is 87.0 cm³/mol. The van der Waals surface area contributed by atoms with Gasteiger partial charge in [0.05, 0.1) is 7.11 Å². The van der Waals surface area contributed by atoms with Crippen LogP contribution >= 0.6 is 11.6 Å². The number of benzene rings is 2. The summed E-state index contributed by atoms with van der Waals surface area (Å²) in [5, 5.41) is 0.655. The first-order valence-corrected chi connectivity index (χ1v) is 6.99. The van der Waals surface area contributed by atoms with Gasteiger partial charge in [-0.3, -0.25) is 4.79 Å². The first kappa shape index (κ1) is 15.9. The van der Waals surface area contributed by atoms with Gasteiger partial charge in [-0.2, -0.15) is 0 Å². The fraction of sp³-hybridized carbons (Fsp3) is 0.118. The van der Waals surface area contributed by atoms with Crippen molar-refractivity contribution in [3.8, 4) is 11.5 Å². The maximum atomic E-state index is 10.8. The van der Waals surface area contributed by atoms with Crippen molar-refractivity contribution in [2.45, 2.75) is 6.61 Å². The monoisotopic (exact) mass is 317 g/mol. The molecule has 0 aliphatic heterocycles. The highest BCUT2D eigenvalue weighted by Crippen LogP contribution is 2.30. The number of primary amides is 1. The van der Waals surface area contributed by atoms with Crippen molar-refractivity contribution in [2.24, 2.45) is 5.73 Å². The van der Waals surface area contributed by atoms with Crippen LogP contribution in [0.25, 0.3) is 6.08 Å². The van der Waals surface area contributed by atoms with Crippen molar-refractivity contribution in [3.05, 3.63) is 64.7 Å². The fourth-order valence-electron chi connectivity index (χ4n) is 1.86. The molecule has 0 heterocycles. The second-order valence-electron chi connectivity index (χ2n) is 4.53. The minimum Gasteiger partial charge on any atom is -0.493 e. The molecule has 0 spiro atoms. The average Bonchev–Trinajstić information content (AvgIpc) is 2.52. The van der Waals surface area contributed by atoms with Crippen molar-refractivity contribution < 1.29 is 14.3 Å². The van der Waals surface area contributed by atoms with E-state index in [1.807, 2.05) is 30.3 Å². The van der Waals surface area contributed by atoms with E-state index < -0.39 is 5.91 Å². The molecule has 0 saturated carbocycles. The Bertz CT molecular complexity index is 698. The zero-order chi connectivity index (χ0) is 15.9. The molecular weight excluding hydrogens is 302 g/mol. The van der Waals surface area contributed by atoms with Crippen molar-refractivity contribution in [1.82, 2.24) is 0 Å². The molecule has 0 fully saturated rings. The molecule has 0 saturated heterocycles. The highest BCUT2D eigenvalue weighted by Gasteiger charge is 2.07. The van der Waals surface area contributed by atoms with Gasteiger partial charge in [-0.1, -0.05) is 35.9 Å². The summed E-state index contributed by atoms with van der Waals surface area (Å²) >= 11 is 6.10. The predicted octanol–water partition coefficient (Wildman–Crippen LogP) is 3.43. The van der Waals surface area contributed by atoms with Gasteiger partial charge in [-0.15, -0.1) is 0 Å². The topological polar surface area (TPSA) is 61.5 Å². The van der Waals surface area contributed by atoms with Gasteiger partial charge in [0.2, 0.25) is 5.91 Å². The Kier molecular flexibility index (Phi) is 5.44. The van der Waals surface area contributed by atoms with Crippen LogP contribution in [0.5, 0.6) is 11.5 Å². The van der Waals surface area contributed by atoms with Gasteiger partial charge in [0.15, 0.2) is 11.5 Å². The number of hydrogen-bond donors (Lipinski definition) is 1. The van der Waals surface area contributed by atoms with E-state index in [2.05, 4.69) is 0 Å². The highest BCUT2D eigenvalue weighted by molar-refractivity contribution is 6.31. The van der Waals surface area contributed by atoms with Gasteiger partial charge in [0.25, 0.3) is 0 Å². The van der Waals surface area contributed by atoms with Crippen LogP contribution in [0.3, 0.4) is 0 Å². The summed E-state index contributed by atoms with van der Waals surface area (Å²) in [5.74, 6) is 0.662. The third-order valence-corrected chi connectivity index (χ3v) is 3.34. The number of carbonyl (C=O) groups excluding carboxylic acids is 1. The normalized spacial score (nSPS) is 10.6. The molecule has 2 N–H and O–H groups in total. The minimum absolute atomic E-state index is 0.340. The minimum atomic E-state index is -0.502. The molecule has 0 bridgehead atoms. The summed E-state index contributed by atoms with van der Waals surface area (Å²) in [6.07, 6.45) is 2.90. The van der Waals surface area contributed by atoms with Crippen LogP contribution in [-0.2, 0) is 11.4 Å². The summed E-state index contributed by atoms with van der Waals surface area (Å²) in [5.41, 5.74) is 6.76. The Morgan fingerprint density at radius 1 is 1.23 bits per heavy atom. The number of ether oxygens (including phenoxy) is 2. The van der Waals surface area contributed by atoms with Crippen molar-refractivity contribution in [2.75, 3.05) is 7.11 Å². The van der Waals surface area contributed by atoms with Gasteiger partial charge in [-0.25, -0.2) is 0 Å². The van der Waals surface area contributed by atoms with E-state index in [1.165, 1.54) is 6.08 Å². The Morgan fingerprint density at radius 2 is 2.00 bits per heavy atom. The van der Waals surface area contributed by atoms with Crippen LogP contribution in [0.4, 0.5) is 0 Å². The molecule has 1 amide bonds. The van der Waals surface area contributed by atoms with E-state index in [9.17, 15) is 4.79 Å². The van der Waals surface area contributed by atoms with Gasteiger partial charge in [0, 0.05) is 16.7 Å². The molecule has 0 unspecified atom stereocenters. The molecule has 0 aliphatic carbocycles. The first-order valence-electron chi connectivity index (χ1n) is 6.62. The molecular formula is C17H16ClNO3. The molecule has 0 atom stereocenters. The maximum absolute atomic E-state index is 10.8. The standard InChI is InChI=1S/C17H16ClNO3/c1-21-16-10-12(7-9-17(19)20)6-8-15(16)22-11-13-4-2-3-5-14(13)18/h2-10H,11H2,1H3,(H2,19,20)/b9-7+. The molecule has 4 nitrogen and oxygen atoms in total. The molecule has 22 heavy (non-hydrogen) atoms. The molecule has 0 radical (unpaired) electrons. The Hall–Kier alpha value is -2.46. The lowest BCUT2D eigenvalue weighted by atomic mass is 10.2. The largest absolute Gasteiger partial charge is 0.493 e. The lowest BCUT2D eigenvalue weighted by molar-refractivity contribution is -0.113. The summed E-state index contributed by atoms with van der Waals surface area (Å²) in [7, 11) is 1.55. The van der Waals surface area contributed by atoms with E-state index in [1.54, 1.807) is 25.3 Å². The Labute approximate surface area is 134 Å². The lowest BCUT2D eigenvalue weighted by Crippen LogP contribution is -2.05. The van der Waals surface area contributed by atoms with E-state index in [0.717, 1.165) is 11.1 Å². The van der Waals surface area contributed by atoms with Gasteiger partial charge >= 0.3 is 0 Å². The molecule has 2 rings (SSSR count). The highest BCUT2D eigenvalue weighted by atomic mass is 35.5. The second kappa shape index (κ2) is 7.52. The van der Waals surface area contributed by atoms with Crippen LogP contribution in [0.1, 0.15) is 11.1 Å². The maximum Gasteiger partial charge on any atom is 0.241 e. The van der Waals surface area contributed by atoms with E-state index in [4.69, 9.17) is 26.8 Å². The van der Waals surface area contributed by atoms with Gasteiger partial charge < -0.3 is 15.2 Å². The van der Waals surface area contributed by atoms with Crippen LogP contribution in [0.15, 0.2) is 48.5 Å². The fourth-order valence-corrected chi connectivity index (χ4v) is 2.05. The zero-order valence-corrected chi connectivity index (χ0v) is 12.8. The van der Waals surface area contributed by atoms with E-state index >= 15 is 0 Å². The average molecular weight is 318 g/mol. The molecule has 2 aromatic carbocycles. The molecule has 5 heteroatoms. The lowest BCUT2D eigenvalue weighted by Gasteiger charge is -2.12. The van der Waals surface area contributed by atoms with Crippen LogP contribution in [0, 0.1) is 0 Å². The number of methoxy groups -OCH3 is 1. The number of carbonyl (C=O) groups is 1. The molecule has 2 aromatic rings. The third-order valence-electron chi connectivity index (χ3n) is 2.97. The molecule has 114 valence electrons. The number of amides is 1. The van der Waals surface area contributed by atoms with E-state index in [-0.39, 0.29) is 0 Å². The number of rotatable bonds is 6.